The Labute approximate surface area is 261 Å². The predicted octanol–water partition coefficient (Wildman–Crippen LogP) is 3.31. The van der Waals surface area contributed by atoms with Crippen molar-refractivity contribution in [3.05, 3.63) is 54.5 Å². The number of hydrogen-bond donors (Lipinski definition) is 4. The molecule has 0 spiro atoms. The van der Waals surface area contributed by atoms with Crippen LogP contribution < -0.4 is 15.3 Å². The van der Waals surface area contributed by atoms with Crippen molar-refractivity contribution in [1.29, 1.82) is 5.26 Å². The van der Waals surface area contributed by atoms with Crippen LogP contribution in [0.15, 0.2) is 48.8 Å². The summed E-state index contributed by atoms with van der Waals surface area (Å²) in [4.78, 5) is 16.9. The molecule has 2 fully saturated rings. The van der Waals surface area contributed by atoms with Crippen LogP contribution in [0.25, 0.3) is 5.52 Å². The standard InChI is InChI=1S/C30H39N6O8P/c1-3-20-9-11-21(12-10-20)15-41-29(39)19(2)35-45(40,44-22-7-5-4-6-8-22)42-17-30(16-31)27(38)25(37)26(43-30)23-13-14-24-28(32)33-18-34-36(23)24/h4-8,13-14,18-21,25-27,37-38H,3,9-12,15,17H2,1-2H3,(H,35,40)(H2,32,33,34)/t19-,20?,21?,25-,26-,27-,30+,45?/m0/s1. The van der Waals surface area contributed by atoms with Crippen LogP contribution in [0.3, 0.4) is 0 Å². The van der Waals surface area contributed by atoms with E-state index in [1.807, 2.05) is 6.07 Å². The normalized spacial score (nSPS) is 28.6. The molecule has 3 heterocycles. The third kappa shape index (κ3) is 7.14. The highest BCUT2D eigenvalue weighted by molar-refractivity contribution is 7.52. The number of aliphatic hydroxyl groups excluding tert-OH is 2. The monoisotopic (exact) mass is 642 g/mol. The molecule has 0 amide bonds. The van der Waals surface area contributed by atoms with Crippen molar-refractivity contribution in [1.82, 2.24) is 19.7 Å². The number of aliphatic hydroxyl groups is 2. The molecule has 6 atom stereocenters. The lowest BCUT2D eigenvalue weighted by atomic mass is 9.81. The number of para-hydroxylation sites is 1. The highest BCUT2D eigenvalue weighted by Crippen LogP contribution is 2.48. The molecule has 1 unspecified atom stereocenters. The van der Waals surface area contributed by atoms with Crippen LogP contribution in [0.4, 0.5) is 5.82 Å². The molecule has 5 rings (SSSR count). The van der Waals surface area contributed by atoms with E-state index in [0.29, 0.717) is 17.1 Å². The summed E-state index contributed by atoms with van der Waals surface area (Å²) in [5.74, 6) is 0.680. The third-order valence-corrected chi connectivity index (χ3v) is 10.2. The Morgan fingerprint density at radius 2 is 1.93 bits per heavy atom. The van der Waals surface area contributed by atoms with E-state index >= 15 is 0 Å². The SMILES string of the molecule is CCC1CCC(COC(=O)[C@H](C)NP(=O)(OC[C@@]2(C#N)O[C@@H](c3ccc4c(N)ncnn34)[C@H](O)[C@@H]2O)Oc2ccccc2)CC1. The molecule has 0 bridgehead atoms. The molecule has 1 saturated heterocycles. The highest BCUT2D eigenvalue weighted by Gasteiger charge is 2.57. The number of nitrogen functional groups attached to an aromatic ring is 1. The first-order valence-electron chi connectivity index (χ1n) is 15.0. The van der Waals surface area contributed by atoms with Crippen molar-refractivity contribution >= 4 is 25.1 Å². The van der Waals surface area contributed by atoms with E-state index in [2.05, 4.69) is 22.1 Å². The van der Waals surface area contributed by atoms with Gasteiger partial charge in [-0.2, -0.15) is 15.4 Å². The number of carbonyl (C=O) groups is 1. The van der Waals surface area contributed by atoms with E-state index in [9.17, 15) is 24.8 Å². The van der Waals surface area contributed by atoms with Gasteiger partial charge in [-0.15, -0.1) is 0 Å². The van der Waals surface area contributed by atoms with E-state index < -0.39 is 50.3 Å². The molecule has 45 heavy (non-hydrogen) atoms. The fraction of sp³-hybridized carbons (Fsp3) is 0.533. The number of nitrogens with one attached hydrogen (secondary N) is 1. The van der Waals surface area contributed by atoms with Crippen LogP contribution in [0.2, 0.25) is 0 Å². The number of aromatic nitrogens is 3. The molecule has 1 aliphatic carbocycles. The maximum Gasteiger partial charge on any atom is 0.459 e. The van der Waals surface area contributed by atoms with Gasteiger partial charge in [-0.1, -0.05) is 44.4 Å². The number of ether oxygens (including phenoxy) is 2. The Balaban J connectivity index is 1.30. The molecule has 1 saturated carbocycles. The molecule has 3 aromatic rings. The molecule has 1 aromatic carbocycles. The first-order chi connectivity index (χ1) is 21.6. The Morgan fingerprint density at radius 3 is 2.62 bits per heavy atom. The quantitative estimate of drug-likeness (QED) is 0.166. The molecule has 1 aliphatic heterocycles. The van der Waals surface area contributed by atoms with Gasteiger partial charge in [0.2, 0.25) is 5.60 Å². The summed E-state index contributed by atoms with van der Waals surface area (Å²) < 4.78 is 38.3. The Bertz CT molecular complexity index is 1560. The molecule has 2 aromatic heterocycles. The van der Waals surface area contributed by atoms with E-state index in [1.54, 1.807) is 42.5 Å². The number of esters is 1. The first kappa shape index (κ1) is 32.8. The van der Waals surface area contributed by atoms with E-state index in [0.717, 1.165) is 32.1 Å². The average molecular weight is 643 g/mol. The van der Waals surface area contributed by atoms with Gasteiger partial charge in [0.1, 0.15) is 54.6 Å². The fourth-order valence-electron chi connectivity index (χ4n) is 5.79. The van der Waals surface area contributed by atoms with Gasteiger partial charge in [0, 0.05) is 0 Å². The second kappa shape index (κ2) is 13.8. The van der Waals surface area contributed by atoms with Crippen molar-refractivity contribution in [3.63, 3.8) is 0 Å². The highest BCUT2D eigenvalue weighted by atomic mass is 31.2. The minimum Gasteiger partial charge on any atom is -0.464 e. The van der Waals surface area contributed by atoms with Crippen molar-refractivity contribution in [2.24, 2.45) is 11.8 Å². The number of carbonyl (C=O) groups excluding carboxylic acids is 1. The van der Waals surface area contributed by atoms with Gasteiger partial charge >= 0.3 is 13.7 Å². The zero-order valence-electron chi connectivity index (χ0n) is 25.2. The Kier molecular flexibility index (Phi) is 10.1. The largest absolute Gasteiger partial charge is 0.464 e. The third-order valence-electron chi connectivity index (χ3n) is 8.57. The second-order valence-electron chi connectivity index (χ2n) is 11.6. The number of fused-ring (bicyclic) bond motifs is 1. The number of nitriles is 1. The molecule has 14 nitrogen and oxygen atoms in total. The summed E-state index contributed by atoms with van der Waals surface area (Å²) >= 11 is 0. The van der Waals surface area contributed by atoms with Crippen molar-refractivity contribution < 1.29 is 38.1 Å². The van der Waals surface area contributed by atoms with Gasteiger partial charge in [-0.3, -0.25) is 9.32 Å². The molecule has 2 aliphatic rings. The number of hydrogen-bond acceptors (Lipinski definition) is 12. The van der Waals surface area contributed by atoms with Crippen molar-refractivity contribution in [2.45, 2.75) is 75.9 Å². The molecular formula is C30H39N6O8P. The maximum atomic E-state index is 14.1. The fourth-order valence-corrected chi connectivity index (χ4v) is 7.31. The van der Waals surface area contributed by atoms with Gasteiger partial charge in [0.05, 0.1) is 12.3 Å². The average Bonchev–Trinajstić information content (AvgIpc) is 3.59. The lowest BCUT2D eigenvalue weighted by Crippen LogP contribution is -2.46. The van der Waals surface area contributed by atoms with Crippen molar-refractivity contribution in [3.8, 4) is 11.8 Å². The van der Waals surface area contributed by atoms with Gasteiger partial charge in [0.15, 0.2) is 5.82 Å². The van der Waals surface area contributed by atoms with Gasteiger partial charge in [-0.05, 0) is 55.9 Å². The summed E-state index contributed by atoms with van der Waals surface area (Å²) in [5.41, 5.74) is 4.47. The minimum atomic E-state index is -4.42. The maximum absolute atomic E-state index is 14.1. The number of rotatable bonds is 12. The minimum absolute atomic E-state index is 0.162. The lowest BCUT2D eigenvalue weighted by Gasteiger charge is -2.29. The first-order valence-corrected chi connectivity index (χ1v) is 16.6. The van der Waals surface area contributed by atoms with Crippen LogP contribution in [0.5, 0.6) is 5.75 Å². The Hall–Kier alpha value is -3.57. The molecule has 15 heteroatoms. The predicted molar refractivity (Wildman–Crippen MR) is 162 cm³/mol. The second-order valence-corrected chi connectivity index (χ2v) is 13.3. The number of benzene rings is 1. The summed E-state index contributed by atoms with van der Waals surface area (Å²) in [7, 11) is -4.42. The Morgan fingerprint density at radius 1 is 1.22 bits per heavy atom. The summed E-state index contributed by atoms with van der Waals surface area (Å²) in [5, 5.41) is 38.9. The van der Waals surface area contributed by atoms with E-state index in [4.69, 9.17) is 24.3 Å². The van der Waals surface area contributed by atoms with E-state index in [-0.39, 0.29) is 24.1 Å². The van der Waals surface area contributed by atoms with E-state index in [1.165, 1.54) is 17.8 Å². The molecular weight excluding hydrogens is 603 g/mol. The number of nitrogens with zero attached hydrogens (tertiary/aromatic N) is 4. The van der Waals surface area contributed by atoms with Crippen LogP contribution in [-0.2, 0) is 23.4 Å². The van der Waals surface area contributed by atoms with Gasteiger partial charge in [0.25, 0.3) is 0 Å². The van der Waals surface area contributed by atoms with Crippen LogP contribution in [0, 0.1) is 23.2 Å². The molecule has 242 valence electrons. The van der Waals surface area contributed by atoms with Gasteiger partial charge in [-0.25, -0.2) is 14.1 Å². The number of anilines is 1. The summed E-state index contributed by atoms with van der Waals surface area (Å²) in [6.07, 6.45) is 1.93. The zero-order chi connectivity index (χ0) is 32.2. The van der Waals surface area contributed by atoms with Crippen molar-refractivity contribution in [2.75, 3.05) is 18.9 Å². The summed E-state index contributed by atoms with van der Waals surface area (Å²) in [6.45, 7) is 3.11. The zero-order valence-corrected chi connectivity index (χ0v) is 26.1. The summed E-state index contributed by atoms with van der Waals surface area (Å²) in [6, 6.07) is 12.1. The van der Waals surface area contributed by atoms with Crippen LogP contribution in [0.1, 0.15) is 57.7 Å². The number of nitrogens with two attached hydrogens (primary N) is 1. The van der Waals surface area contributed by atoms with Crippen LogP contribution in [-0.4, -0.2) is 67.8 Å². The topological polar surface area (TPSA) is 204 Å². The lowest BCUT2D eigenvalue weighted by molar-refractivity contribution is -0.147. The molecule has 0 radical (unpaired) electrons. The van der Waals surface area contributed by atoms with Crippen LogP contribution >= 0.6 is 7.75 Å². The van der Waals surface area contributed by atoms with Gasteiger partial charge < -0.3 is 29.9 Å². The smallest absolute Gasteiger partial charge is 0.459 e. The molecule has 5 N–H and O–H groups in total.